The first kappa shape index (κ1) is 14.2. The molecule has 17 heavy (non-hydrogen) atoms. The third-order valence-electron chi connectivity index (χ3n) is 2.79. The summed E-state index contributed by atoms with van der Waals surface area (Å²) < 4.78 is 0. The van der Waals surface area contributed by atoms with Crippen molar-refractivity contribution in [3.05, 3.63) is 42.5 Å². The van der Waals surface area contributed by atoms with Crippen LogP contribution in [-0.4, -0.2) is 18.3 Å². The first-order valence-corrected chi connectivity index (χ1v) is 7.02. The third-order valence-corrected chi connectivity index (χ3v) is 3.05. The van der Waals surface area contributed by atoms with Crippen molar-refractivity contribution >= 4 is 18.3 Å². The van der Waals surface area contributed by atoms with Crippen LogP contribution in [0, 0.1) is 0 Å². The van der Waals surface area contributed by atoms with Crippen LogP contribution in [0.3, 0.4) is 0 Å². The summed E-state index contributed by atoms with van der Waals surface area (Å²) >= 11 is 4.37. The molecule has 0 heterocycles. The van der Waals surface area contributed by atoms with Gasteiger partial charge in [0.2, 0.25) is 0 Å². The Morgan fingerprint density at radius 3 is 2.53 bits per heavy atom. The molecule has 0 N–H and O–H groups in total. The van der Waals surface area contributed by atoms with E-state index in [-0.39, 0.29) is 0 Å². The monoisotopic (exact) mass is 249 g/mol. The van der Waals surface area contributed by atoms with Crippen LogP contribution < -0.4 is 4.90 Å². The lowest BCUT2D eigenvalue weighted by Crippen LogP contribution is -2.35. The van der Waals surface area contributed by atoms with Gasteiger partial charge >= 0.3 is 0 Å². The zero-order chi connectivity index (χ0) is 12.5. The summed E-state index contributed by atoms with van der Waals surface area (Å²) in [6.07, 6.45) is 6.66. The lowest BCUT2D eigenvalue weighted by molar-refractivity contribution is 0.658. The second kappa shape index (κ2) is 8.24. The summed E-state index contributed by atoms with van der Waals surface area (Å²) in [5.74, 6) is 0.919. The van der Waals surface area contributed by atoms with Gasteiger partial charge < -0.3 is 4.90 Å². The minimum Gasteiger partial charge on any atom is -0.365 e. The summed E-state index contributed by atoms with van der Waals surface area (Å²) in [7, 11) is 0. The lowest BCUT2D eigenvalue weighted by atomic mass is 10.1. The molecule has 0 aliphatic heterocycles. The number of benzene rings is 1. The molecule has 0 aliphatic rings. The van der Waals surface area contributed by atoms with Gasteiger partial charge in [0, 0.05) is 18.3 Å². The van der Waals surface area contributed by atoms with E-state index in [4.69, 9.17) is 0 Å². The predicted molar refractivity (Wildman–Crippen MR) is 81.2 cm³/mol. The largest absolute Gasteiger partial charge is 0.365 e. The molecule has 94 valence electrons. The normalized spacial score (nSPS) is 12.9. The van der Waals surface area contributed by atoms with Gasteiger partial charge in [0.05, 0.1) is 0 Å². The number of rotatable bonds is 7. The van der Waals surface area contributed by atoms with Gasteiger partial charge in [-0.05, 0) is 37.7 Å². The fraction of sp³-hybridized carbons (Fsp3) is 0.467. The highest BCUT2D eigenvalue weighted by Gasteiger charge is 2.14. The number of nitrogens with zero attached hydrogens (tertiary/aromatic N) is 1. The number of allylic oxidation sites excluding steroid dienone is 1. The van der Waals surface area contributed by atoms with Gasteiger partial charge in [0.15, 0.2) is 0 Å². The Bertz CT molecular complexity index is 321. The van der Waals surface area contributed by atoms with Crippen molar-refractivity contribution < 1.29 is 0 Å². The van der Waals surface area contributed by atoms with Crippen LogP contribution in [0.5, 0.6) is 0 Å². The zero-order valence-electron chi connectivity index (χ0n) is 10.8. The summed E-state index contributed by atoms with van der Waals surface area (Å²) in [5, 5.41) is 0. The van der Waals surface area contributed by atoms with Crippen molar-refractivity contribution in [2.24, 2.45) is 0 Å². The second-order valence-electron chi connectivity index (χ2n) is 4.13. The Morgan fingerprint density at radius 2 is 2.00 bits per heavy atom. The molecule has 1 aromatic carbocycles. The van der Waals surface area contributed by atoms with Gasteiger partial charge in [-0.2, -0.15) is 12.6 Å². The maximum absolute atomic E-state index is 4.37. The van der Waals surface area contributed by atoms with Gasteiger partial charge in [-0.1, -0.05) is 37.3 Å². The molecule has 0 bridgehead atoms. The molecule has 2 heteroatoms. The molecule has 1 aromatic rings. The van der Waals surface area contributed by atoms with Gasteiger partial charge in [0.1, 0.15) is 0 Å². The number of thiol groups is 1. The van der Waals surface area contributed by atoms with Gasteiger partial charge in [-0.25, -0.2) is 0 Å². The van der Waals surface area contributed by atoms with E-state index < -0.39 is 0 Å². The van der Waals surface area contributed by atoms with E-state index in [1.54, 1.807) is 0 Å². The summed E-state index contributed by atoms with van der Waals surface area (Å²) in [4.78, 5) is 2.47. The predicted octanol–water partition coefficient (Wildman–Crippen LogP) is 4.17. The third kappa shape index (κ3) is 4.47. The average Bonchev–Trinajstić information content (AvgIpc) is 2.37. The molecular formula is C15H23NS. The van der Waals surface area contributed by atoms with E-state index in [9.17, 15) is 0 Å². The molecule has 0 saturated carbocycles. The van der Waals surface area contributed by atoms with E-state index in [0.29, 0.717) is 6.04 Å². The molecule has 1 rings (SSSR count). The zero-order valence-corrected chi connectivity index (χ0v) is 11.7. The van der Waals surface area contributed by atoms with Crippen LogP contribution in [0.2, 0.25) is 0 Å². The lowest BCUT2D eigenvalue weighted by Gasteiger charge is -2.31. The van der Waals surface area contributed by atoms with Crippen LogP contribution in [0.1, 0.15) is 26.7 Å². The average molecular weight is 249 g/mol. The Balaban J connectivity index is 2.89. The molecule has 1 atom stereocenters. The Labute approximate surface area is 111 Å². The van der Waals surface area contributed by atoms with Crippen LogP contribution in [-0.2, 0) is 0 Å². The molecule has 0 fully saturated rings. The summed E-state index contributed by atoms with van der Waals surface area (Å²) in [6, 6.07) is 11.1. The van der Waals surface area contributed by atoms with E-state index in [2.05, 4.69) is 73.9 Å². The van der Waals surface area contributed by atoms with E-state index in [0.717, 1.165) is 25.1 Å². The highest BCUT2D eigenvalue weighted by molar-refractivity contribution is 7.80. The van der Waals surface area contributed by atoms with Crippen molar-refractivity contribution in [1.82, 2.24) is 0 Å². The first-order chi connectivity index (χ1) is 8.33. The van der Waals surface area contributed by atoms with E-state index >= 15 is 0 Å². The summed E-state index contributed by atoms with van der Waals surface area (Å²) in [6.45, 7) is 5.40. The molecule has 0 spiro atoms. The van der Waals surface area contributed by atoms with Gasteiger partial charge in [-0.15, -0.1) is 0 Å². The van der Waals surface area contributed by atoms with Gasteiger partial charge in [0.25, 0.3) is 0 Å². The van der Waals surface area contributed by atoms with Crippen LogP contribution in [0.25, 0.3) is 0 Å². The highest BCUT2D eigenvalue weighted by Crippen LogP contribution is 2.19. The van der Waals surface area contributed by atoms with Crippen LogP contribution >= 0.6 is 12.6 Å². The smallest absolute Gasteiger partial charge is 0.0480 e. The summed E-state index contributed by atoms with van der Waals surface area (Å²) in [5.41, 5.74) is 1.30. The molecule has 0 radical (unpaired) electrons. The van der Waals surface area contributed by atoms with Gasteiger partial charge in [-0.3, -0.25) is 0 Å². The fourth-order valence-electron chi connectivity index (χ4n) is 2.06. The number of anilines is 1. The van der Waals surface area contributed by atoms with E-state index in [1.165, 1.54) is 5.69 Å². The fourth-order valence-corrected chi connectivity index (χ4v) is 2.32. The minimum atomic E-state index is 0.458. The Kier molecular flexibility index (Phi) is 6.87. The van der Waals surface area contributed by atoms with Crippen LogP contribution in [0.4, 0.5) is 5.69 Å². The molecule has 0 amide bonds. The number of hydrogen-bond acceptors (Lipinski definition) is 2. The maximum Gasteiger partial charge on any atom is 0.0480 e. The first-order valence-electron chi connectivity index (χ1n) is 6.38. The van der Waals surface area contributed by atoms with Crippen molar-refractivity contribution in [2.45, 2.75) is 32.7 Å². The molecule has 0 saturated heterocycles. The molecular weight excluding hydrogens is 226 g/mol. The number of para-hydroxylation sites is 1. The van der Waals surface area contributed by atoms with Crippen molar-refractivity contribution in [2.75, 3.05) is 17.2 Å². The number of hydrogen-bond donors (Lipinski definition) is 1. The Hall–Kier alpha value is -0.890. The second-order valence-corrected chi connectivity index (χ2v) is 4.58. The maximum atomic E-state index is 4.37. The van der Waals surface area contributed by atoms with Crippen molar-refractivity contribution in [3.63, 3.8) is 0 Å². The molecule has 1 nitrogen and oxygen atoms in total. The molecule has 0 aliphatic carbocycles. The minimum absolute atomic E-state index is 0.458. The SMILES string of the molecule is CC=CC(CCS)N(CCC)c1ccccc1. The quantitative estimate of drug-likeness (QED) is 0.561. The molecule has 1 unspecified atom stereocenters. The standard InChI is InChI=1S/C15H23NS/c1-3-8-14(11-13-17)16(12-4-2)15-9-6-5-7-10-15/h3,5-10,14,17H,4,11-13H2,1-2H3. The van der Waals surface area contributed by atoms with E-state index in [1.807, 2.05) is 0 Å². The van der Waals surface area contributed by atoms with Crippen LogP contribution in [0.15, 0.2) is 42.5 Å². The highest BCUT2D eigenvalue weighted by atomic mass is 32.1. The van der Waals surface area contributed by atoms with Crippen molar-refractivity contribution in [1.29, 1.82) is 0 Å². The van der Waals surface area contributed by atoms with Crippen molar-refractivity contribution in [3.8, 4) is 0 Å². The topological polar surface area (TPSA) is 3.24 Å². The molecule has 0 aromatic heterocycles. The Morgan fingerprint density at radius 1 is 1.29 bits per heavy atom.